The van der Waals surface area contributed by atoms with Gasteiger partial charge in [-0.15, -0.1) is 0 Å². The van der Waals surface area contributed by atoms with Crippen LogP contribution in [0.4, 0.5) is 4.79 Å². The molecule has 3 fully saturated rings. The van der Waals surface area contributed by atoms with E-state index < -0.39 is 71.5 Å². The molecule has 57 heavy (non-hydrogen) atoms. The summed E-state index contributed by atoms with van der Waals surface area (Å²) < 4.78 is 37.6. The number of esters is 1. The van der Waals surface area contributed by atoms with Crippen molar-refractivity contribution in [1.29, 1.82) is 0 Å². The molecule has 0 aliphatic carbocycles. The van der Waals surface area contributed by atoms with Crippen LogP contribution in [0.1, 0.15) is 80.2 Å². The molecule has 0 bridgehead atoms. The number of nitrogens with one attached hydrogen (secondary N) is 1. The van der Waals surface area contributed by atoms with Crippen molar-refractivity contribution in [3.63, 3.8) is 0 Å². The summed E-state index contributed by atoms with van der Waals surface area (Å²) in [5, 5.41) is 16.9. The lowest BCUT2D eigenvalue weighted by Crippen LogP contribution is -2.59. The van der Waals surface area contributed by atoms with Crippen molar-refractivity contribution in [1.82, 2.24) is 10.2 Å². The number of alkyl carbamates (subject to hydrolysis) is 1. The number of rotatable bonds is 10. The monoisotopic (exact) mass is 794 g/mol. The largest absolute Gasteiger partial charge is 0.458 e. The number of fused-ring (bicyclic) bond motifs is 2. The summed E-state index contributed by atoms with van der Waals surface area (Å²) in [6.45, 7) is 15.7. The van der Waals surface area contributed by atoms with Gasteiger partial charge in [-0.2, -0.15) is 0 Å². The summed E-state index contributed by atoms with van der Waals surface area (Å²) in [6, 6.07) is 13.9. The molecule has 1 amide bonds. The predicted molar refractivity (Wildman–Crippen MR) is 218 cm³/mol. The standard InChI is InChI=1S/C45H66N2O10/c1-12-36-45(8)39(46-43(51)57-45)28(4)34(20-22-53-21-19-31-17-18-32-15-13-14-16-33(32)24-31)26(2)25-44(7,52-11)40(29(5)37(48)30(6)41(50)55-36)56-42-38(49)35(47(9)10)23-27(3)54-42/h13-18,20,24,26-30,35-36,38-40,42,49H,12,19,21-23,25H2,1-11H3,(H,46,51)/b34-20+/t26-,27-,28+,29+,30-,35+,36-,38-,39+,40-,42?,44-,45-/m1/s1. The number of likely N-dealkylation sites (N-methyl/N-ethyl adjacent to an activating group) is 1. The number of hydrogen-bond acceptors (Lipinski definition) is 11. The lowest BCUT2D eigenvalue weighted by Gasteiger charge is -2.47. The third-order valence-electron chi connectivity index (χ3n) is 12.9. The summed E-state index contributed by atoms with van der Waals surface area (Å²) in [5.74, 6) is -3.67. The van der Waals surface area contributed by atoms with Crippen molar-refractivity contribution in [2.75, 3.05) is 34.4 Å². The van der Waals surface area contributed by atoms with E-state index in [-0.39, 0.29) is 24.0 Å². The number of Topliss-reactive ketones (excluding diaryl/α,β-unsaturated/α-hetero) is 1. The molecule has 3 saturated heterocycles. The summed E-state index contributed by atoms with van der Waals surface area (Å²) in [6.07, 6.45) is -0.553. The van der Waals surface area contributed by atoms with E-state index in [1.165, 1.54) is 23.3 Å². The van der Waals surface area contributed by atoms with E-state index in [1.54, 1.807) is 21.0 Å². The van der Waals surface area contributed by atoms with Crippen molar-refractivity contribution in [2.24, 2.45) is 23.7 Å². The summed E-state index contributed by atoms with van der Waals surface area (Å²) >= 11 is 0. The van der Waals surface area contributed by atoms with Crippen LogP contribution >= 0.6 is 0 Å². The Morgan fingerprint density at radius 1 is 1.00 bits per heavy atom. The van der Waals surface area contributed by atoms with Crippen molar-refractivity contribution in [2.45, 2.75) is 135 Å². The van der Waals surface area contributed by atoms with Crippen molar-refractivity contribution < 1.29 is 47.9 Å². The molecule has 3 aliphatic rings. The number of amides is 1. The highest BCUT2D eigenvalue weighted by Crippen LogP contribution is 2.43. The molecule has 12 heteroatoms. The van der Waals surface area contributed by atoms with Crippen LogP contribution < -0.4 is 5.32 Å². The molecule has 13 atom stereocenters. The molecule has 2 aromatic carbocycles. The average Bonchev–Trinajstić information content (AvgIpc) is 3.50. The first-order valence-electron chi connectivity index (χ1n) is 20.6. The average molecular weight is 795 g/mol. The minimum absolute atomic E-state index is 0.196. The maximum absolute atomic E-state index is 14.3. The molecule has 1 unspecified atom stereocenters. The zero-order valence-electron chi connectivity index (χ0n) is 35.8. The van der Waals surface area contributed by atoms with Gasteiger partial charge >= 0.3 is 12.1 Å². The number of aliphatic hydroxyl groups excluding tert-OH is 1. The van der Waals surface area contributed by atoms with E-state index in [0.717, 1.165) is 12.0 Å². The highest BCUT2D eigenvalue weighted by molar-refractivity contribution is 6.00. The normalized spacial score (nSPS) is 37.7. The van der Waals surface area contributed by atoms with Crippen LogP contribution in [0.15, 0.2) is 54.1 Å². The second kappa shape index (κ2) is 18.7. The van der Waals surface area contributed by atoms with Gasteiger partial charge in [-0.25, -0.2) is 4.79 Å². The predicted octanol–water partition coefficient (Wildman–Crippen LogP) is 6.25. The smallest absolute Gasteiger partial charge is 0.408 e. The van der Waals surface area contributed by atoms with E-state index in [0.29, 0.717) is 32.5 Å². The Balaban J connectivity index is 1.50. The number of benzene rings is 2. The van der Waals surface area contributed by atoms with E-state index in [1.807, 2.05) is 58.8 Å². The Labute approximate surface area is 338 Å². The summed E-state index contributed by atoms with van der Waals surface area (Å²) in [7, 11) is 5.39. The molecule has 12 nitrogen and oxygen atoms in total. The minimum Gasteiger partial charge on any atom is -0.458 e. The van der Waals surface area contributed by atoms with E-state index in [9.17, 15) is 19.5 Å². The molecule has 0 radical (unpaired) electrons. The van der Waals surface area contributed by atoms with Crippen molar-refractivity contribution in [3.05, 3.63) is 59.7 Å². The molecule has 3 heterocycles. The zero-order valence-corrected chi connectivity index (χ0v) is 35.8. The first-order chi connectivity index (χ1) is 26.9. The Bertz CT molecular complexity index is 1750. The zero-order chi connectivity index (χ0) is 41.8. The molecule has 3 aliphatic heterocycles. The quantitative estimate of drug-likeness (QED) is 0.122. The first-order valence-corrected chi connectivity index (χ1v) is 20.6. The van der Waals surface area contributed by atoms with Gasteiger partial charge in [0, 0.05) is 25.0 Å². The number of hydrogen-bond donors (Lipinski definition) is 2. The van der Waals surface area contributed by atoms with Gasteiger partial charge in [0.1, 0.15) is 18.1 Å². The van der Waals surface area contributed by atoms with Crippen LogP contribution in [-0.4, -0.2) is 116 Å². The van der Waals surface area contributed by atoms with Crippen LogP contribution in [0, 0.1) is 23.7 Å². The van der Waals surface area contributed by atoms with E-state index in [4.69, 9.17) is 28.4 Å². The molecular weight excluding hydrogens is 728 g/mol. The Hall–Kier alpha value is -3.39. The lowest BCUT2D eigenvalue weighted by molar-refractivity contribution is -0.295. The molecule has 5 rings (SSSR count). The molecule has 2 N–H and O–H groups in total. The van der Waals surface area contributed by atoms with Gasteiger partial charge in [0.15, 0.2) is 17.7 Å². The van der Waals surface area contributed by atoms with Crippen LogP contribution in [0.2, 0.25) is 0 Å². The second-order valence-electron chi connectivity index (χ2n) is 17.2. The highest BCUT2D eigenvalue weighted by Gasteiger charge is 2.56. The first kappa shape index (κ1) is 44.7. The van der Waals surface area contributed by atoms with Crippen molar-refractivity contribution in [3.8, 4) is 0 Å². The molecule has 0 spiro atoms. The van der Waals surface area contributed by atoms with Crippen molar-refractivity contribution >= 4 is 28.6 Å². The van der Waals surface area contributed by atoms with Gasteiger partial charge in [0.25, 0.3) is 0 Å². The summed E-state index contributed by atoms with van der Waals surface area (Å²) in [4.78, 5) is 43.2. The fourth-order valence-corrected chi connectivity index (χ4v) is 9.44. The lowest BCUT2D eigenvalue weighted by atomic mass is 9.71. The Kier molecular flexibility index (Phi) is 14.7. The number of carbonyl (C=O) groups is 3. The number of aliphatic hydroxyl groups is 1. The van der Waals surface area contributed by atoms with Crippen LogP contribution in [0.25, 0.3) is 10.8 Å². The third-order valence-corrected chi connectivity index (χ3v) is 12.9. The fourth-order valence-electron chi connectivity index (χ4n) is 9.44. The molecule has 2 aromatic rings. The fraction of sp³-hybridized carbons (Fsp3) is 0.667. The number of ether oxygens (including phenoxy) is 6. The second-order valence-corrected chi connectivity index (χ2v) is 17.2. The van der Waals surface area contributed by atoms with Gasteiger partial charge < -0.3 is 43.7 Å². The van der Waals surface area contributed by atoms with Gasteiger partial charge in [-0.05, 0) is 89.7 Å². The number of carbonyl (C=O) groups excluding carboxylic acids is 3. The number of methoxy groups -OCH3 is 1. The molecule has 0 saturated carbocycles. The van der Waals surface area contributed by atoms with E-state index in [2.05, 4.69) is 48.6 Å². The minimum atomic E-state index is -1.24. The maximum Gasteiger partial charge on any atom is 0.408 e. The number of cyclic esters (lactones) is 1. The van der Waals surface area contributed by atoms with Gasteiger partial charge in [-0.1, -0.05) is 81.8 Å². The third kappa shape index (κ3) is 9.74. The van der Waals surface area contributed by atoms with E-state index >= 15 is 0 Å². The summed E-state index contributed by atoms with van der Waals surface area (Å²) in [5.41, 5.74) is -0.203. The number of ketones is 1. The SMILES string of the molecule is CC[C@H]1OC(=O)[C@H](C)C(=O)[C@H](C)[C@@H](OC2O[C@H](C)C[C@H](N(C)C)[C@H]2O)[C@](C)(OC)C[C@@H](C)/C(=C\COCCc2ccc3ccccc3c2)[C@H](C)[C@@H]2NC(=O)O[C@]12C. The van der Waals surface area contributed by atoms with Gasteiger partial charge in [0.05, 0.1) is 37.1 Å². The van der Waals surface area contributed by atoms with Gasteiger partial charge in [0.2, 0.25) is 0 Å². The van der Waals surface area contributed by atoms with Crippen LogP contribution in [0.3, 0.4) is 0 Å². The van der Waals surface area contributed by atoms with Gasteiger partial charge in [-0.3, -0.25) is 9.59 Å². The van der Waals surface area contributed by atoms with Crippen LogP contribution in [-0.2, 0) is 44.4 Å². The maximum atomic E-state index is 14.3. The molecule has 316 valence electrons. The topological polar surface area (TPSA) is 142 Å². The van der Waals surface area contributed by atoms with Crippen LogP contribution in [0.5, 0.6) is 0 Å². The Morgan fingerprint density at radius 2 is 1.70 bits per heavy atom. The molecular formula is C45H66N2O10. The Morgan fingerprint density at radius 3 is 2.37 bits per heavy atom. The highest BCUT2D eigenvalue weighted by atomic mass is 16.7. The molecule has 0 aromatic heterocycles. The number of nitrogens with zero attached hydrogens (tertiary/aromatic N) is 1.